The highest BCUT2D eigenvalue weighted by molar-refractivity contribution is 7.33. The molecule has 4 heteroatoms. The van der Waals surface area contributed by atoms with Gasteiger partial charge in [0.25, 0.3) is 6.71 Å². The van der Waals surface area contributed by atoms with Crippen LogP contribution in [0.2, 0.25) is 0 Å². The lowest BCUT2D eigenvalue weighted by atomic mass is 9.35. The molecule has 0 N–H and O–H groups in total. The van der Waals surface area contributed by atoms with E-state index in [1.165, 1.54) is 136 Å². The molecule has 1 aromatic heterocycles. The molecule has 3 atom stereocenters. The Labute approximate surface area is 460 Å². The molecular formula is C72H79BN2S. The Balaban J connectivity index is 1.21. The van der Waals surface area contributed by atoms with Crippen LogP contribution in [0.5, 0.6) is 0 Å². The molecule has 13 rings (SSSR count). The van der Waals surface area contributed by atoms with Crippen molar-refractivity contribution in [2.45, 2.75) is 174 Å². The van der Waals surface area contributed by atoms with Crippen LogP contribution in [-0.4, -0.2) is 6.71 Å². The third-order valence-electron chi connectivity index (χ3n) is 19.7. The monoisotopic (exact) mass is 1010 g/mol. The number of fused-ring (bicyclic) bond motifs is 11. The molecule has 2 bridgehead atoms. The number of anilines is 6. The number of rotatable bonds is 4. The summed E-state index contributed by atoms with van der Waals surface area (Å²) in [6, 6.07) is 53.5. The maximum Gasteiger partial charge on any atom is 0.264 e. The van der Waals surface area contributed by atoms with Gasteiger partial charge in [0.15, 0.2) is 0 Å². The van der Waals surface area contributed by atoms with Crippen LogP contribution in [0.4, 0.5) is 34.1 Å². The van der Waals surface area contributed by atoms with Crippen molar-refractivity contribution in [1.29, 1.82) is 0 Å². The van der Waals surface area contributed by atoms with E-state index in [1.54, 1.807) is 11.1 Å². The summed E-state index contributed by atoms with van der Waals surface area (Å²) < 4.78 is 2.90. The first-order chi connectivity index (χ1) is 35.8. The normalized spacial score (nSPS) is 21.0. The van der Waals surface area contributed by atoms with Crippen molar-refractivity contribution in [2.75, 3.05) is 9.80 Å². The van der Waals surface area contributed by atoms with Gasteiger partial charge in [0.05, 0.1) is 17.1 Å². The second-order valence-electron chi connectivity index (χ2n) is 28.8. The molecule has 2 aliphatic heterocycles. The highest BCUT2D eigenvalue weighted by Crippen LogP contribution is 2.59. The lowest BCUT2D eigenvalue weighted by Gasteiger charge is -2.47. The smallest absolute Gasteiger partial charge is 0.264 e. The Morgan fingerprint density at radius 2 is 1.04 bits per heavy atom. The molecule has 7 aromatic carbocycles. The van der Waals surface area contributed by atoms with E-state index in [-0.39, 0.29) is 39.2 Å². The van der Waals surface area contributed by atoms with Crippen LogP contribution in [-0.2, 0) is 32.5 Å². The van der Waals surface area contributed by atoms with Crippen molar-refractivity contribution in [2.24, 2.45) is 5.92 Å². The van der Waals surface area contributed by atoms with Gasteiger partial charge in [0, 0.05) is 43.1 Å². The Morgan fingerprint density at radius 3 is 1.59 bits per heavy atom. The SMILES string of the molecule is CC1c2cc3sc4c(c3cc2C2(C)CCC1C2)N(c1ccc(C(C)(C)C)cc1-c1ccccc1)c1cc(C(C)(C)C)cc2c1B4c1cc3c(cc1N2c1ccc(C(C)(C)C)cc1-c1ccccc1)C(C)(C)CCC3(C)C. The molecule has 3 aliphatic carbocycles. The standard InChI is InChI=1S/C72H79BN2S/c1-43-46-30-31-72(15,42-46)54-38-53-63(39-50(43)54)76-66-65(53)75(59-29-27-48(68(5,6)7)35-52(59)45-24-20-17-21-25-45)62-37-49(69(8,9)10)36-61-64(62)73(66)57-40-55-56(71(13,14)33-32-70(55,11)12)41-60(57)74(61)58-28-26-47(67(2,3)4)34-51(58)44-22-18-16-19-23-44/h16-29,34-41,43,46H,30-33,42H2,1-15H3. The van der Waals surface area contributed by atoms with Crippen molar-refractivity contribution in [3.8, 4) is 22.3 Å². The summed E-state index contributed by atoms with van der Waals surface area (Å²) in [5, 5.41) is 1.41. The molecule has 2 nitrogen and oxygen atoms in total. The fraction of sp³-hybridized carbons (Fsp3) is 0.389. The summed E-state index contributed by atoms with van der Waals surface area (Å²) in [5.41, 5.74) is 26.0. The number of benzene rings is 7. The first-order valence-corrected chi connectivity index (χ1v) is 29.6. The van der Waals surface area contributed by atoms with Crippen LogP contribution < -0.4 is 25.5 Å². The Morgan fingerprint density at radius 1 is 0.513 bits per heavy atom. The van der Waals surface area contributed by atoms with Gasteiger partial charge in [-0.25, -0.2) is 0 Å². The van der Waals surface area contributed by atoms with E-state index < -0.39 is 0 Å². The van der Waals surface area contributed by atoms with Gasteiger partial charge in [-0.15, -0.1) is 11.3 Å². The molecule has 0 amide bonds. The van der Waals surface area contributed by atoms with Gasteiger partial charge in [-0.1, -0.05) is 183 Å². The number of hydrogen-bond acceptors (Lipinski definition) is 3. The highest BCUT2D eigenvalue weighted by Gasteiger charge is 2.51. The Bertz CT molecular complexity index is 3680. The van der Waals surface area contributed by atoms with Gasteiger partial charge in [0.2, 0.25) is 0 Å². The van der Waals surface area contributed by atoms with E-state index >= 15 is 0 Å². The maximum absolute atomic E-state index is 2.79. The van der Waals surface area contributed by atoms with E-state index in [4.69, 9.17) is 0 Å². The topological polar surface area (TPSA) is 6.48 Å². The lowest BCUT2D eigenvalue weighted by Crippen LogP contribution is -2.61. The van der Waals surface area contributed by atoms with Gasteiger partial charge < -0.3 is 9.80 Å². The first kappa shape index (κ1) is 49.7. The molecule has 0 radical (unpaired) electrons. The molecule has 3 heterocycles. The average Bonchev–Trinajstić information content (AvgIpc) is 4.04. The predicted octanol–water partition coefficient (Wildman–Crippen LogP) is 18.7. The van der Waals surface area contributed by atoms with Crippen LogP contribution in [0, 0.1) is 5.92 Å². The fourth-order valence-corrected chi connectivity index (χ4v) is 16.1. The zero-order chi connectivity index (χ0) is 53.4. The van der Waals surface area contributed by atoms with Crippen molar-refractivity contribution < 1.29 is 0 Å². The molecule has 0 spiro atoms. The second kappa shape index (κ2) is 16.6. The Kier molecular flexibility index (Phi) is 10.9. The van der Waals surface area contributed by atoms with Crippen LogP contribution in [0.25, 0.3) is 32.3 Å². The average molecular weight is 1020 g/mol. The van der Waals surface area contributed by atoms with Crippen molar-refractivity contribution in [3.05, 3.63) is 172 Å². The zero-order valence-electron chi connectivity index (χ0n) is 48.3. The van der Waals surface area contributed by atoms with Gasteiger partial charge in [-0.3, -0.25) is 0 Å². The summed E-state index contributed by atoms with van der Waals surface area (Å²) in [5.74, 6) is 1.31. The number of nitrogens with zero attached hydrogens (tertiary/aromatic N) is 2. The fourth-order valence-electron chi connectivity index (χ4n) is 14.7. The highest BCUT2D eigenvalue weighted by atomic mass is 32.1. The van der Waals surface area contributed by atoms with Crippen molar-refractivity contribution in [3.63, 3.8) is 0 Å². The second-order valence-corrected chi connectivity index (χ2v) is 29.9. The van der Waals surface area contributed by atoms with Crippen LogP contribution in [0.3, 0.4) is 0 Å². The van der Waals surface area contributed by atoms with Crippen LogP contribution in [0.1, 0.15) is 181 Å². The number of hydrogen-bond donors (Lipinski definition) is 0. The molecule has 76 heavy (non-hydrogen) atoms. The third-order valence-corrected chi connectivity index (χ3v) is 20.9. The minimum atomic E-state index is -0.156. The molecule has 5 aliphatic rings. The summed E-state index contributed by atoms with van der Waals surface area (Å²) in [7, 11) is 0. The molecule has 1 saturated carbocycles. The summed E-state index contributed by atoms with van der Waals surface area (Å²) in [6.07, 6.45) is 6.22. The lowest BCUT2D eigenvalue weighted by molar-refractivity contribution is 0.332. The quantitative estimate of drug-likeness (QED) is 0.162. The van der Waals surface area contributed by atoms with E-state index in [2.05, 4.69) is 258 Å². The maximum atomic E-state index is 2.79. The zero-order valence-corrected chi connectivity index (χ0v) is 49.1. The molecule has 3 unspecified atom stereocenters. The van der Waals surface area contributed by atoms with Crippen molar-refractivity contribution >= 4 is 78.0 Å². The summed E-state index contributed by atoms with van der Waals surface area (Å²) >= 11 is 2.09. The minimum absolute atomic E-state index is 0.0181. The van der Waals surface area contributed by atoms with Crippen molar-refractivity contribution in [1.82, 2.24) is 0 Å². The van der Waals surface area contributed by atoms with Gasteiger partial charge >= 0.3 is 0 Å². The largest absolute Gasteiger partial charge is 0.311 e. The predicted molar refractivity (Wildman–Crippen MR) is 331 cm³/mol. The van der Waals surface area contributed by atoms with Gasteiger partial charge in [0.1, 0.15) is 0 Å². The molecule has 386 valence electrons. The Hall–Kier alpha value is -5.84. The van der Waals surface area contributed by atoms with Crippen LogP contribution in [0.15, 0.2) is 133 Å². The minimum Gasteiger partial charge on any atom is -0.311 e. The van der Waals surface area contributed by atoms with Crippen LogP contribution >= 0.6 is 11.3 Å². The van der Waals surface area contributed by atoms with Gasteiger partial charge in [-0.2, -0.15) is 0 Å². The van der Waals surface area contributed by atoms with E-state index in [9.17, 15) is 0 Å². The van der Waals surface area contributed by atoms with E-state index in [0.29, 0.717) is 5.92 Å². The summed E-state index contributed by atoms with van der Waals surface area (Å²) in [4.78, 5) is 5.54. The van der Waals surface area contributed by atoms with Gasteiger partial charge in [-0.05, 0) is 192 Å². The first-order valence-electron chi connectivity index (χ1n) is 28.8. The molecular weight excluding hydrogens is 936 g/mol. The number of thiophene rings is 1. The van der Waals surface area contributed by atoms with E-state index in [1.807, 2.05) is 0 Å². The molecule has 0 saturated heterocycles. The summed E-state index contributed by atoms with van der Waals surface area (Å²) in [6.45, 7) is 36.6. The van der Waals surface area contributed by atoms with E-state index in [0.717, 1.165) is 12.3 Å². The molecule has 8 aromatic rings. The molecule has 1 fully saturated rings. The third kappa shape index (κ3) is 7.52.